The number of ether oxygens (including phenoxy) is 1. The van der Waals surface area contributed by atoms with Gasteiger partial charge in [-0.25, -0.2) is 4.98 Å². The second-order valence-electron chi connectivity index (χ2n) is 4.92. The number of H-pyrrole nitrogens is 1. The summed E-state index contributed by atoms with van der Waals surface area (Å²) in [4.78, 5) is 29.1. The van der Waals surface area contributed by atoms with E-state index in [1.54, 1.807) is 0 Å². The van der Waals surface area contributed by atoms with Gasteiger partial charge in [0.15, 0.2) is 0 Å². The largest absolute Gasteiger partial charge is 0.488 e. The molecule has 0 aliphatic carbocycles. The van der Waals surface area contributed by atoms with Crippen LogP contribution >= 0.6 is 0 Å². The summed E-state index contributed by atoms with van der Waals surface area (Å²) in [6.45, 7) is 4.34. The van der Waals surface area contributed by atoms with Gasteiger partial charge in [-0.1, -0.05) is 25.1 Å². The van der Waals surface area contributed by atoms with Gasteiger partial charge in [-0.15, -0.1) is 0 Å². The van der Waals surface area contributed by atoms with E-state index in [1.165, 1.54) is 6.20 Å². The van der Waals surface area contributed by atoms with E-state index >= 15 is 0 Å². The number of rotatable bonds is 6. The molecule has 1 heterocycles. The van der Waals surface area contributed by atoms with Crippen LogP contribution < -0.4 is 15.6 Å². The first-order chi connectivity index (χ1) is 10.6. The van der Waals surface area contributed by atoms with Gasteiger partial charge in [0, 0.05) is 6.20 Å². The van der Waals surface area contributed by atoms with Gasteiger partial charge >= 0.3 is 0 Å². The third kappa shape index (κ3) is 4.18. The van der Waals surface area contributed by atoms with Crippen molar-refractivity contribution in [3.8, 4) is 5.75 Å². The number of aromatic nitrogens is 2. The van der Waals surface area contributed by atoms with Crippen LogP contribution in [0.25, 0.3) is 0 Å². The Hall–Kier alpha value is -2.63. The molecule has 2 rings (SSSR count). The van der Waals surface area contributed by atoms with E-state index in [9.17, 15) is 9.59 Å². The van der Waals surface area contributed by atoms with Crippen LogP contribution in [0.4, 0.5) is 0 Å². The van der Waals surface area contributed by atoms with Crippen molar-refractivity contribution in [2.45, 2.75) is 26.4 Å². The average Bonchev–Trinajstić information content (AvgIpc) is 2.53. The maximum Gasteiger partial charge on any atom is 0.271 e. The second kappa shape index (κ2) is 7.40. The lowest BCUT2D eigenvalue weighted by Gasteiger charge is -2.19. The third-order valence-electron chi connectivity index (χ3n) is 3.24. The summed E-state index contributed by atoms with van der Waals surface area (Å²) in [6, 6.07) is 7.75. The Kier molecular flexibility index (Phi) is 5.30. The molecule has 0 unspecified atom stereocenters. The molecule has 1 aromatic heterocycles. The van der Waals surface area contributed by atoms with E-state index in [-0.39, 0.29) is 23.3 Å². The summed E-state index contributed by atoms with van der Waals surface area (Å²) in [6.07, 6.45) is 3.00. The van der Waals surface area contributed by atoms with Crippen LogP contribution in [0.5, 0.6) is 5.75 Å². The van der Waals surface area contributed by atoms with Crippen molar-refractivity contribution in [1.82, 2.24) is 15.3 Å². The normalized spacial score (nSPS) is 11.7. The SMILES string of the molecule is CC[C@@H](CNC(=O)c1c[nH]c(=O)cn1)Oc1ccccc1C. The number of hydrogen-bond donors (Lipinski definition) is 2. The van der Waals surface area contributed by atoms with Crippen molar-refractivity contribution in [2.24, 2.45) is 0 Å². The van der Waals surface area contributed by atoms with Crippen LogP contribution in [0.1, 0.15) is 29.4 Å². The van der Waals surface area contributed by atoms with Gasteiger partial charge < -0.3 is 15.0 Å². The lowest BCUT2D eigenvalue weighted by atomic mass is 10.2. The highest BCUT2D eigenvalue weighted by atomic mass is 16.5. The molecule has 0 bridgehead atoms. The molecule has 0 spiro atoms. The molecule has 6 heteroatoms. The molecule has 0 radical (unpaired) electrons. The fourth-order valence-corrected chi connectivity index (χ4v) is 1.90. The monoisotopic (exact) mass is 301 g/mol. The molecule has 1 aromatic carbocycles. The molecule has 6 nitrogen and oxygen atoms in total. The van der Waals surface area contributed by atoms with Crippen molar-refractivity contribution in [2.75, 3.05) is 6.54 Å². The first-order valence-corrected chi connectivity index (χ1v) is 7.15. The smallest absolute Gasteiger partial charge is 0.271 e. The van der Waals surface area contributed by atoms with Crippen LogP contribution in [0.2, 0.25) is 0 Å². The van der Waals surface area contributed by atoms with Crippen LogP contribution in [-0.2, 0) is 0 Å². The Morgan fingerprint density at radius 1 is 1.41 bits per heavy atom. The second-order valence-corrected chi connectivity index (χ2v) is 4.92. The number of carbonyl (C=O) groups excluding carboxylic acids is 1. The Bertz CT molecular complexity index is 677. The molecule has 0 aliphatic heterocycles. The van der Waals surface area contributed by atoms with E-state index in [2.05, 4.69) is 15.3 Å². The predicted octanol–water partition coefficient (Wildman–Crippen LogP) is 1.67. The van der Waals surface area contributed by atoms with Crippen LogP contribution in [0.3, 0.4) is 0 Å². The van der Waals surface area contributed by atoms with Crippen LogP contribution in [0, 0.1) is 6.92 Å². The first-order valence-electron chi connectivity index (χ1n) is 7.15. The van der Waals surface area contributed by atoms with Gasteiger partial charge in [0.1, 0.15) is 17.5 Å². The van der Waals surface area contributed by atoms with E-state index in [0.717, 1.165) is 23.9 Å². The van der Waals surface area contributed by atoms with Crippen molar-refractivity contribution in [1.29, 1.82) is 0 Å². The summed E-state index contributed by atoms with van der Waals surface area (Å²) in [5, 5.41) is 2.76. The zero-order valence-corrected chi connectivity index (χ0v) is 12.6. The summed E-state index contributed by atoms with van der Waals surface area (Å²) >= 11 is 0. The standard InChI is InChI=1S/C16H19N3O3/c1-3-12(22-14-7-5-4-6-11(14)2)8-19-16(21)13-9-18-15(20)10-17-13/h4-7,9-10,12H,3,8H2,1-2H3,(H,18,20)(H,19,21)/t12-/m0/s1. The van der Waals surface area contributed by atoms with Crippen LogP contribution in [0.15, 0.2) is 41.5 Å². The summed E-state index contributed by atoms with van der Waals surface area (Å²) in [7, 11) is 0. The quantitative estimate of drug-likeness (QED) is 0.850. The van der Waals surface area contributed by atoms with Crippen molar-refractivity contribution in [3.63, 3.8) is 0 Å². The molecule has 0 saturated carbocycles. The molecule has 0 aliphatic rings. The molecule has 2 aromatic rings. The average molecular weight is 301 g/mol. The fourth-order valence-electron chi connectivity index (χ4n) is 1.90. The molecule has 1 amide bonds. The number of carbonyl (C=O) groups is 1. The predicted molar refractivity (Wildman–Crippen MR) is 83.1 cm³/mol. The Morgan fingerprint density at radius 2 is 2.18 bits per heavy atom. The minimum atomic E-state index is -0.344. The zero-order chi connectivity index (χ0) is 15.9. The van der Waals surface area contributed by atoms with Crippen molar-refractivity contribution in [3.05, 3.63) is 58.3 Å². The molecular weight excluding hydrogens is 282 g/mol. The highest BCUT2D eigenvalue weighted by Gasteiger charge is 2.13. The van der Waals surface area contributed by atoms with E-state index in [0.29, 0.717) is 6.54 Å². The third-order valence-corrected chi connectivity index (χ3v) is 3.24. The lowest BCUT2D eigenvalue weighted by molar-refractivity contribution is 0.0920. The van der Waals surface area contributed by atoms with Gasteiger partial charge in [0.05, 0.1) is 12.7 Å². The van der Waals surface area contributed by atoms with Gasteiger partial charge in [-0.2, -0.15) is 0 Å². The van der Waals surface area contributed by atoms with Gasteiger partial charge in [-0.3, -0.25) is 9.59 Å². The van der Waals surface area contributed by atoms with Gasteiger partial charge in [0.25, 0.3) is 11.5 Å². The fraction of sp³-hybridized carbons (Fsp3) is 0.312. The minimum absolute atomic E-state index is 0.132. The molecular formula is C16H19N3O3. The summed E-state index contributed by atoms with van der Waals surface area (Å²) < 4.78 is 5.91. The van der Waals surface area contributed by atoms with Crippen molar-refractivity contribution >= 4 is 5.91 Å². The Balaban J connectivity index is 1.93. The number of aryl methyl sites for hydroxylation is 1. The maximum atomic E-state index is 11.9. The van der Waals surface area contributed by atoms with Gasteiger partial charge in [-0.05, 0) is 25.0 Å². The highest BCUT2D eigenvalue weighted by Crippen LogP contribution is 2.18. The van der Waals surface area contributed by atoms with Crippen LogP contribution in [-0.4, -0.2) is 28.5 Å². The number of amides is 1. The van der Waals surface area contributed by atoms with Crippen molar-refractivity contribution < 1.29 is 9.53 Å². The number of hydrogen-bond acceptors (Lipinski definition) is 4. The molecule has 2 N–H and O–H groups in total. The maximum absolute atomic E-state index is 11.9. The number of nitrogens with zero attached hydrogens (tertiary/aromatic N) is 1. The zero-order valence-electron chi connectivity index (χ0n) is 12.6. The minimum Gasteiger partial charge on any atom is -0.488 e. The number of aromatic amines is 1. The molecule has 0 saturated heterocycles. The van der Waals surface area contributed by atoms with E-state index in [4.69, 9.17) is 4.74 Å². The first kappa shape index (κ1) is 15.8. The topological polar surface area (TPSA) is 84.1 Å². The molecule has 0 fully saturated rings. The van der Waals surface area contributed by atoms with E-state index < -0.39 is 0 Å². The van der Waals surface area contributed by atoms with E-state index in [1.807, 2.05) is 38.1 Å². The lowest BCUT2D eigenvalue weighted by Crippen LogP contribution is -2.35. The molecule has 116 valence electrons. The Labute approximate surface area is 128 Å². The number of para-hydroxylation sites is 1. The Morgan fingerprint density at radius 3 is 2.82 bits per heavy atom. The summed E-state index contributed by atoms with van der Waals surface area (Å²) in [5.41, 5.74) is 0.880. The highest BCUT2D eigenvalue weighted by molar-refractivity contribution is 5.91. The van der Waals surface area contributed by atoms with Gasteiger partial charge in [0.2, 0.25) is 0 Å². The number of benzene rings is 1. The molecule has 22 heavy (non-hydrogen) atoms. The molecule has 1 atom stereocenters. The summed E-state index contributed by atoms with van der Waals surface area (Å²) in [5.74, 6) is 0.467. The number of nitrogens with one attached hydrogen (secondary N) is 2.